The van der Waals surface area contributed by atoms with Gasteiger partial charge in [0.15, 0.2) is 10.8 Å². The Bertz CT molecular complexity index is 1210. The summed E-state index contributed by atoms with van der Waals surface area (Å²) in [5, 5.41) is 4.89. The van der Waals surface area contributed by atoms with Crippen LogP contribution in [0.2, 0.25) is 5.04 Å². The second kappa shape index (κ2) is 10.1. The average molecular weight is 538 g/mol. The zero-order chi connectivity index (χ0) is 27.0. The van der Waals surface area contributed by atoms with Crippen molar-refractivity contribution in [3.8, 4) is 0 Å². The zero-order valence-electron chi connectivity index (χ0n) is 22.5. The van der Waals surface area contributed by atoms with E-state index < -0.39 is 18.8 Å². The Morgan fingerprint density at radius 1 is 1.05 bits per heavy atom. The van der Waals surface area contributed by atoms with Gasteiger partial charge in [0.2, 0.25) is 0 Å². The van der Waals surface area contributed by atoms with Crippen molar-refractivity contribution in [3.63, 3.8) is 0 Å². The maximum atomic E-state index is 13.1. The molecular formula is C28H37N4O3SSi+. The molecule has 7 nitrogen and oxygen atoms in total. The molecule has 1 aromatic heterocycles. The Morgan fingerprint density at radius 3 is 2.00 bits per heavy atom. The van der Waals surface area contributed by atoms with Crippen molar-refractivity contribution in [1.82, 2.24) is 4.98 Å². The Labute approximate surface area is 224 Å². The molecule has 196 valence electrons. The predicted octanol–water partition coefficient (Wildman–Crippen LogP) is 3.98. The molecule has 0 aliphatic carbocycles. The van der Waals surface area contributed by atoms with Gasteiger partial charge in [0.05, 0.1) is 19.2 Å². The number of aromatic nitrogens is 1. The highest BCUT2D eigenvalue weighted by molar-refractivity contribution is 7.14. The summed E-state index contributed by atoms with van der Waals surface area (Å²) in [4.78, 5) is 32.0. The van der Waals surface area contributed by atoms with E-state index in [0.717, 1.165) is 5.13 Å². The maximum absolute atomic E-state index is 13.1. The summed E-state index contributed by atoms with van der Waals surface area (Å²) in [6, 6.07) is 20.3. The molecule has 2 N–H and O–H groups in total. The van der Waals surface area contributed by atoms with Crippen molar-refractivity contribution in [1.29, 1.82) is 0 Å². The lowest BCUT2D eigenvalue weighted by Crippen LogP contribution is -2.70. The van der Waals surface area contributed by atoms with Gasteiger partial charge in [-0.15, -0.1) is 11.3 Å². The summed E-state index contributed by atoms with van der Waals surface area (Å²) in [7, 11) is -1.08. The lowest BCUT2D eigenvalue weighted by molar-refractivity contribution is -0.768. The van der Waals surface area contributed by atoms with E-state index in [1.165, 1.54) is 21.7 Å². The Morgan fingerprint density at radius 2 is 1.57 bits per heavy atom. The fourth-order valence-electron chi connectivity index (χ4n) is 4.94. The second-order valence-electron chi connectivity index (χ2n) is 11.1. The van der Waals surface area contributed by atoms with Crippen LogP contribution in [0, 0.1) is 0 Å². The van der Waals surface area contributed by atoms with Gasteiger partial charge in [0, 0.05) is 18.5 Å². The van der Waals surface area contributed by atoms with Crippen LogP contribution in [-0.2, 0) is 4.43 Å². The monoisotopic (exact) mass is 537 g/mol. The van der Waals surface area contributed by atoms with Gasteiger partial charge in [-0.1, -0.05) is 81.4 Å². The van der Waals surface area contributed by atoms with Crippen LogP contribution in [0.1, 0.15) is 45.1 Å². The van der Waals surface area contributed by atoms with Gasteiger partial charge in [-0.3, -0.25) is 0 Å². The SMILES string of the molecule is CC(C)[N+](C)(C(N)=O)C(=O)c1csc(N2CC(O[Si](c3ccccc3)(c3ccccc3)C(C)(C)C)C2)n1. The molecule has 1 unspecified atom stereocenters. The molecule has 1 saturated heterocycles. The number of benzene rings is 2. The van der Waals surface area contributed by atoms with Crippen molar-refractivity contribution in [2.75, 3.05) is 25.0 Å². The third-order valence-corrected chi connectivity index (χ3v) is 13.5. The Kier molecular flexibility index (Phi) is 7.44. The first-order valence-corrected chi connectivity index (χ1v) is 15.4. The van der Waals surface area contributed by atoms with E-state index in [4.69, 9.17) is 10.2 Å². The number of hydrogen-bond donors (Lipinski definition) is 1. The van der Waals surface area contributed by atoms with Crippen molar-refractivity contribution >= 4 is 47.1 Å². The largest absolute Gasteiger partial charge is 0.421 e. The van der Waals surface area contributed by atoms with Gasteiger partial charge < -0.3 is 15.1 Å². The number of carbonyl (C=O) groups excluding carboxylic acids is 2. The number of hydrogen-bond acceptors (Lipinski definition) is 6. The molecule has 0 spiro atoms. The molecule has 1 aliphatic rings. The highest BCUT2D eigenvalue weighted by Gasteiger charge is 2.53. The van der Waals surface area contributed by atoms with Crippen LogP contribution in [0.4, 0.5) is 9.93 Å². The predicted molar refractivity (Wildman–Crippen MR) is 152 cm³/mol. The summed E-state index contributed by atoms with van der Waals surface area (Å²) < 4.78 is 6.67. The molecule has 2 aromatic carbocycles. The molecule has 0 radical (unpaired) electrons. The number of anilines is 1. The lowest BCUT2D eigenvalue weighted by Gasteiger charge is -2.49. The molecule has 4 rings (SSSR count). The van der Waals surface area contributed by atoms with Crippen molar-refractivity contribution < 1.29 is 18.5 Å². The number of thiazole rings is 1. The molecular weight excluding hydrogens is 500 g/mol. The molecule has 37 heavy (non-hydrogen) atoms. The number of primary amides is 1. The summed E-state index contributed by atoms with van der Waals surface area (Å²) >= 11 is 1.41. The number of amides is 3. The Hall–Kier alpha value is -2.85. The minimum Gasteiger partial charge on any atom is -0.401 e. The highest BCUT2D eigenvalue weighted by atomic mass is 32.1. The van der Waals surface area contributed by atoms with Gasteiger partial charge >= 0.3 is 11.9 Å². The molecule has 3 amide bonds. The van der Waals surface area contributed by atoms with E-state index in [-0.39, 0.29) is 28.8 Å². The quantitative estimate of drug-likeness (QED) is 0.364. The average Bonchev–Trinajstić information content (AvgIpc) is 3.32. The van der Waals surface area contributed by atoms with Crippen LogP contribution < -0.4 is 21.0 Å². The number of quaternary nitrogens is 1. The van der Waals surface area contributed by atoms with Gasteiger partial charge in [-0.25, -0.2) is 14.6 Å². The van der Waals surface area contributed by atoms with E-state index in [9.17, 15) is 9.59 Å². The van der Waals surface area contributed by atoms with E-state index in [0.29, 0.717) is 13.1 Å². The van der Waals surface area contributed by atoms with Crippen molar-refractivity contribution in [3.05, 3.63) is 71.7 Å². The van der Waals surface area contributed by atoms with Crippen molar-refractivity contribution in [2.45, 2.75) is 51.8 Å². The summed E-state index contributed by atoms with van der Waals surface area (Å²) in [5.41, 5.74) is 5.86. The topological polar surface area (TPSA) is 85.5 Å². The van der Waals surface area contributed by atoms with Crippen LogP contribution in [0.15, 0.2) is 66.0 Å². The second-order valence-corrected chi connectivity index (χ2v) is 16.2. The summed E-state index contributed by atoms with van der Waals surface area (Å²) in [5.74, 6) is -0.384. The minimum absolute atomic E-state index is 0.0386. The number of nitrogens with two attached hydrogens (primary N) is 1. The van der Waals surface area contributed by atoms with Crippen LogP contribution in [-0.4, -0.2) is 62.0 Å². The van der Waals surface area contributed by atoms with E-state index in [1.807, 2.05) is 12.1 Å². The fraction of sp³-hybridized carbons (Fsp3) is 0.393. The smallest absolute Gasteiger partial charge is 0.401 e. The van der Waals surface area contributed by atoms with E-state index in [1.54, 1.807) is 26.3 Å². The first kappa shape index (κ1) is 27.2. The lowest BCUT2D eigenvalue weighted by atomic mass is 10.2. The minimum atomic E-state index is -2.63. The molecule has 0 saturated carbocycles. The van der Waals surface area contributed by atoms with Crippen LogP contribution in [0.3, 0.4) is 0 Å². The zero-order valence-corrected chi connectivity index (χ0v) is 24.3. The van der Waals surface area contributed by atoms with Crippen molar-refractivity contribution in [2.24, 2.45) is 5.73 Å². The summed E-state index contributed by atoms with van der Waals surface area (Å²) in [6.45, 7) is 11.8. The highest BCUT2D eigenvalue weighted by Crippen LogP contribution is 2.39. The number of rotatable bonds is 7. The number of nitrogens with zero attached hydrogens (tertiary/aromatic N) is 3. The van der Waals surface area contributed by atoms with Crippen LogP contribution in [0.5, 0.6) is 0 Å². The van der Waals surface area contributed by atoms with Gasteiger partial charge in [-0.05, 0) is 29.3 Å². The van der Waals surface area contributed by atoms with E-state index >= 15 is 0 Å². The van der Waals surface area contributed by atoms with Gasteiger partial charge in [0.25, 0.3) is 8.32 Å². The maximum Gasteiger partial charge on any atom is 0.421 e. The first-order valence-electron chi connectivity index (χ1n) is 12.6. The molecule has 3 aromatic rings. The van der Waals surface area contributed by atoms with Gasteiger partial charge in [-0.2, -0.15) is 4.48 Å². The number of urea groups is 1. The van der Waals surface area contributed by atoms with Gasteiger partial charge in [0.1, 0.15) is 0 Å². The molecule has 2 heterocycles. The standard InChI is InChI=1S/C28H36N4O3SSi/c1-20(2)32(6,26(29)34)25(33)24-19-36-27(30-24)31-17-21(18-31)35-37(28(3,4)5,22-13-9-7-10-14-22)23-15-11-8-12-16-23/h7-16,19-21H,17-18H2,1-6H3,(H-,29,34)/p+1. The normalized spacial score (nSPS) is 16.4. The van der Waals surface area contributed by atoms with E-state index in [2.05, 4.69) is 79.2 Å². The molecule has 9 heteroatoms. The third-order valence-electron chi connectivity index (χ3n) is 7.50. The molecule has 0 bridgehead atoms. The molecule has 1 aliphatic heterocycles. The fourth-order valence-corrected chi connectivity index (χ4v) is 10.4. The first-order chi connectivity index (χ1) is 17.4. The number of imide groups is 1. The van der Waals surface area contributed by atoms with Crippen LogP contribution in [0.25, 0.3) is 0 Å². The molecule has 1 atom stereocenters. The molecule has 1 fully saturated rings. The van der Waals surface area contributed by atoms with Crippen LogP contribution >= 0.6 is 11.3 Å². The third kappa shape index (κ3) is 4.77. The summed E-state index contributed by atoms with van der Waals surface area (Å²) in [6.07, 6.45) is 0.0386. The Balaban J connectivity index is 1.57. The number of carbonyl (C=O) groups is 2.